The standard InChI is InChI=1S/C22H18Cl2N2O2S/c1-12-5-4-6-15(9-12)11-25-21-19(13(2)14(3)29-21)20(27)26(22(25)28)16-7-8-17(23)18(24)10-16/h4-10H,11H2,1-3H3. The molecule has 0 unspecified atom stereocenters. The van der Waals surface area contributed by atoms with Gasteiger partial charge in [-0.25, -0.2) is 9.36 Å². The third kappa shape index (κ3) is 3.44. The molecule has 0 radical (unpaired) electrons. The Morgan fingerprint density at radius 3 is 2.41 bits per heavy atom. The zero-order chi connectivity index (χ0) is 20.9. The van der Waals surface area contributed by atoms with Crippen LogP contribution in [-0.4, -0.2) is 9.13 Å². The number of thiophene rings is 1. The number of aryl methyl sites for hydroxylation is 3. The normalized spacial score (nSPS) is 11.3. The van der Waals surface area contributed by atoms with Crippen LogP contribution in [0.3, 0.4) is 0 Å². The highest BCUT2D eigenvalue weighted by atomic mass is 35.5. The Hall–Kier alpha value is -2.34. The van der Waals surface area contributed by atoms with Gasteiger partial charge < -0.3 is 0 Å². The highest BCUT2D eigenvalue weighted by Crippen LogP contribution is 2.28. The van der Waals surface area contributed by atoms with Gasteiger partial charge in [-0.3, -0.25) is 9.36 Å². The average molecular weight is 445 g/mol. The summed E-state index contributed by atoms with van der Waals surface area (Å²) >= 11 is 13.6. The Balaban J connectivity index is 2.07. The molecule has 148 valence electrons. The quantitative estimate of drug-likeness (QED) is 0.418. The number of aromatic nitrogens is 2. The van der Waals surface area contributed by atoms with Crippen LogP contribution in [0.15, 0.2) is 52.1 Å². The van der Waals surface area contributed by atoms with Crippen LogP contribution >= 0.6 is 34.5 Å². The first-order chi connectivity index (χ1) is 13.8. The number of rotatable bonds is 3. The van der Waals surface area contributed by atoms with Gasteiger partial charge in [0.05, 0.1) is 27.7 Å². The van der Waals surface area contributed by atoms with Crippen LogP contribution in [0, 0.1) is 20.8 Å². The molecule has 2 heterocycles. The molecule has 4 aromatic rings. The molecular formula is C22H18Cl2N2O2S. The number of fused-ring (bicyclic) bond motifs is 1. The third-order valence-electron chi connectivity index (χ3n) is 5.04. The highest BCUT2D eigenvalue weighted by Gasteiger charge is 2.20. The molecule has 7 heteroatoms. The van der Waals surface area contributed by atoms with Crippen molar-refractivity contribution in [3.63, 3.8) is 0 Å². The summed E-state index contributed by atoms with van der Waals surface area (Å²) in [7, 11) is 0. The van der Waals surface area contributed by atoms with Crippen molar-refractivity contribution in [3.05, 3.63) is 94.9 Å². The molecule has 29 heavy (non-hydrogen) atoms. The lowest BCUT2D eigenvalue weighted by molar-refractivity contribution is 0.719. The van der Waals surface area contributed by atoms with E-state index in [0.29, 0.717) is 32.5 Å². The lowest BCUT2D eigenvalue weighted by Crippen LogP contribution is -2.38. The zero-order valence-corrected chi connectivity index (χ0v) is 18.5. The Bertz CT molecular complexity index is 1380. The molecule has 0 N–H and O–H groups in total. The number of hydrogen-bond donors (Lipinski definition) is 0. The Morgan fingerprint density at radius 2 is 1.72 bits per heavy atom. The lowest BCUT2D eigenvalue weighted by Gasteiger charge is -2.13. The van der Waals surface area contributed by atoms with Crippen LogP contribution in [0.25, 0.3) is 15.9 Å². The van der Waals surface area contributed by atoms with Gasteiger partial charge in [0, 0.05) is 4.88 Å². The minimum absolute atomic E-state index is 0.291. The summed E-state index contributed by atoms with van der Waals surface area (Å²) < 4.78 is 2.85. The van der Waals surface area contributed by atoms with Crippen LogP contribution < -0.4 is 11.2 Å². The van der Waals surface area contributed by atoms with E-state index in [2.05, 4.69) is 0 Å². The van der Waals surface area contributed by atoms with E-state index in [1.807, 2.05) is 45.0 Å². The summed E-state index contributed by atoms with van der Waals surface area (Å²) in [6, 6.07) is 12.8. The molecule has 0 saturated heterocycles. The molecule has 0 aliphatic rings. The number of halogens is 2. The van der Waals surface area contributed by atoms with E-state index in [1.54, 1.807) is 22.8 Å². The summed E-state index contributed by atoms with van der Waals surface area (Å²) in [6.07, 6.45) is 0. The fourth-order valence-corrected chi connectivity index (χ4v) is 4.87. The fourth-order valence-electron chi connectivity index (χ4n) is 3.44. The second-order valence-electron chi connectivity index (χ2n) is 7.06. The average Bonchev–Trinajstić information content (AvgIpc) is 2.97. The van der Waals surface area contributed by atoms with Crippen molar-refractivity contribution in [2.24, 2.45) is 0 Å². The predicted molar refractivity (Wildman–Crippen MR) is 121 cm³/mol. The molecule has 2 aromatic carbocycles. The first-order valence-corrected chi connectivity index (χ1v) is 10.6. The third-order valence-corrected chi connectivity index (χ3v) is 7.00. The van der Waals surface area contributed by atoms with Crippen molar-refractivity contribution in [1.29, 1.82) is 0 Å². The lowest BCUT2D eigenvalue weighted by atomic mass is 10.1. The molecule has 0 fully saturated rings. The maximum absolute atomic E-state index is 13.5. The number of nitrogens with zero attached hydrogens (tertiary/aromatic N) is 2. The Kier molecular flexibility index (Phi) is 5.15. The van der Waals surface area contributed by atoms with Crippen LogP contribution in [0.2, 0.25) is 10.0 Å². The fraction of sp³-hybridized carbons (Fsp3) is 0.182. The monoisotopic (exact) mass is 444 g/mol. The SMILES string of the molecule is Cc1cccc(Cn2c(=O)n(-c3ccc(Cl)c(Cl)c3)c(=O)c3c(C)c(C)sc32)c1. The second kappa shape index (κ2) is 7.48. The number of benzene rings is 2. The smallest absolute Gasteiger partial charge is 0.280 e. The summed E-state index contributed by atoms with van der Waals surface area (Å²) in [5, 5.41) is 1.22. The van der Waals surface area contributed by atoms with E-state index in [4.69, 9.17) is 23.2 Å². The molecule has 0 atom stereocenters. The summed E-state index contributed by atoms with van der Waals surface area (Å²) in [6.45, 7) is 6.26. The van der Waals surface area contributed by atoms with Gasteiger partial charge >= 0.3 is 5.69 Å². The van der Waals surface area contributed by atoms with E-state index in [0.717, 1.165) is 21.6 Å². The first-order valence-electron chi connectivity index (χ1n) is 9.04. The zero-order valence-electron chi connectivity index (χ0n) is 16.1. The predicted octanol–water partition coefficient (Wildman–Crippen LogP) is 5.49. The van der Waals surface area contributed by atoms with Gasteiger partial charge in [0.1, 0.15) is 4.83 Å². The molecule has 0 amide bonds. The summed E-state index contributed by atoms with van der Waals surface area (Å²) in [5.41, 5.74) is 2.66. The van der Waals surface area contributed by atoms with E-state index in [-0.39, 0.29) is 5.56 Å². The Labute approximate surface area is 181 Å². The van der Waals surface area contributed by atoms with Crippen molar-refractivity contribution in [3.8, 4) is 5.69 Å². The minimum atomic E-state index is -0.399. The van der Waals surface area contributed by atoms with Crippen molar-refractivity contribution in [2.45, 2.75) is 27.3 Å². The maximum Gasteiger partial charge on any atom is 0.337 e. The van der Waals surface area contributed by atoms with Crippen LogP contribution in [0.1, 0.15) is 21.6 Å². The maximum atomic E-state index is 13.5. The van der Waals surface area contributed by atoms with Gasteiger partial charge in [-0.2, -0.15) is 0 Å². The second-order valence-corrected chi connectivity index (χ2v) is 9.08. The molecule has 0 bridgehead atoms. The van der Waals surface area contributed by atoms with Crippen molar-refractivity contribution >= 4 is 44.8 Å². The molecular weight excluding hydrogens is 427 g/mol. The van der Waals surface area contributed by atoms with Crippen molar-refractivity contribution in [2.75, 3.05) is 0 Å². The van der Waals surface area contributed by atoms with Crippen LogP contribution in [0.5, 0.6) is 0 Å². The van der Waals surface area contributed by atoms with Gasteiger partial charge in [-0.05, 0) is 50.1 Å². The summed E-state index contributed by atoms with van der Waals surface area (Å²) in [5.74, 6) is 0. The topological polar surface area (TPSA) is 44.0 Å². The van der Waals surface area contributed by atoms with Gasteiger partial charge in [-0.15, -0.1) is 11.3 Å². The van der Waals surface area contributed by atoms with E-state index in [1.165, 1.54) is 15.9 Å². The largest absolute Gasteiger partial charge is 0.337 e. The highest BCUT2D eigenvalue weighted by molar-refractivity contribution is 7.18. The molecule has 0 aliphatic carbocycles. The van der Waals surface area contributed by atoms with Crippen molar-refractivity contribution in [1.82, 2.24) is 9.13 Å². The Morgan fingerprint density at radius 1 is 0.966 bits per heavy atom. The molecule has 0 spiro atoms. The van der Waals surface area contributed by atoms with Crippen LogP contribution in [0.4, 0.5) is 0 Å². The molecule has 0 saturated carbocycles. The molecule has 4 rings (SSSR count). The van der Waals surface area contributed by atoms with E-state index in [9.17, 15) is 9.59 Å². The molecule has 4 nitrogen and oxygen atoms in total. The number of hydrogen-bond acceptors (Lipinski definition) is 3. The van der Waals surface area contributed by atoms with Gasteiger partial charge in [-0.1, -0.05) is 53.0 Å². The molecule has 0 aliphatic heterocycles. The van der Waals surface area contributed by atoms with Gasteiger partial charge in [0.15, 0.2) is 0 Å². The van der Waals surface area contributed by atoms with E-state index < -0.39 is 5.69 Å². The van der Waals surface area contributed by atoms with Gasteiger partial charge in [0.25, 0.3) is 5.56 Å². The van der Waals surface area contributed by atoms with Crippen molar-refractivity contribution < 1.29 is 0 Å². The first kappa shape index (κ1) is 20.0. The molecule has 2 aromatic heterocycles. The minimum Gasteiger partial charge on any atom is -0.280 e. The van der Waals surface area contributed by atoms with E-state index >= 15 is 0 Å². The van der Waals surface area contributed by atoms with Crippen LogP contribution in [-0.2, 0) is 6.54 Å². The van der Waals surface area contributed by atoms with Gasteiger partial charge in [0.2, 0.25) is 0 Å². The summed E-state index contributed by atoms with van der Waals surface area (Å²) in [4.78, 5) is 28.5.